The van der Waals surface area contributed by atoms with E-state index in [9.17, 15) is 9.59 Å². The van der Waals surface area contributed by atoms with Crippen LogP contribution < -0.4 is 10.1 Å². The maximum atomic E-state index is 11.6. The van der Waals surface area contributed by atoms with Crippen molar-refractivity contribution in [3.63, 3.8) is 0 Å². The molecule has 0 saturated heterocycles. The molecule has 2 aromatic rings. The van der Waals surface area contributed by atoms with Crippen LogP contribution in [0.5, 0.6) is 5.75 Å². The second kappa shape index (κ2) is 6.56. The average Bonchev–Trinajstić information content (AvgIpc) is 2.96. The van der Waals surface area contributed by atoms with Crippen LogP contribution in [0.25, 0.3) is 0 Å². The third kappa shape index (κ3) is 3.98. The first-order valence-corrected chi connectivity index (χ1v) is 6.18. The monoisotopic (exact) mass is 273 g/mol. The van der Waals surface area contributed by atoms with E-state index in [2.05, 4.69) is 5.32 Å². The van der Waals surface area contributed by atoms with Crippen molar-refractivity contribution < 1.29 is 18.7 Å². The quantitative estimate of drug-likeness (QED) is 0.819. The number of carbonyl (C=O) groups excluding carboxylic acids is 2. The summed E-state index contributed by atoms with van der Waals surface area (Å²) in [5.74, 6) is 0.870. The largest absolute Gasteiger partial charge is 0.484 e. The highest BCUT2D eigenvalue weighted by atomic mass is 16.5. The molecule has 0 saturated carbocycles. The second-order valence-corrected chi connectivity index (χ2v) is 4.23. The first-order valence-electron chi connectivity index (χ1n) is 6.18. The molecule has 0 aliphatic rings. The lowest BCUT2D eigenvalue weighted by Crippen LogP contribution is -2.28. The van der Waals surface area contributed by atoms with E-state index in [-0.39, 0.29) is 18.3 Å². The Bertz CT molecular complexity index is 590. The van der Waals surface area contributed by atoms with E-state index >= 15 is 0 Å². The molecule has 1 aromatic heterocycles. The van der Waals surface area contributed by atoms with Crippen molar-refractivity contribution in [2.45, 2.75) is 13.5 Å². The van der Waals surface area contributed by atoms with Gasteiger partial charge in [0.1, 0.15) is 11.5 Å². The van der Waals surface area contributed by atoms with E-state index in [1.54, 1.807) is 42.7 Å². The summed E-state index contributed by atoms with van der Waals surface area (Å²) in [6.45, 7) is 1.69. The van der Waals surface area contributed by atoms with E-state index in [4.69, 9.17) is 9.15 Å². The predicted octanol–water partition coefficient (Wildman–Crippen LogP) is 2.18. The molecule has 0 aliphatic carbocycles. The van der Waals surface area contributed by atoms with Gasteiger partial charge >= 0.3 is 0 Å². The van der Waals surface area contributed by atoms with Gasteiger partial charge in [-0.05, 0) is 31.2 Å². The molecule has 0 fully saturated rings. The van der Waals surface area contributed by atoms with Gasteiger partial charge in [0.15, 0.2) is 12.4 Å². The fourth-order valence-corrected chi connectivity index (χ4v) is 1.60. The van der Waals surface area contributed by atoms with Crippen molar-refractivity contribution in [1.29, 1.82) is 0 Å². The molecule has 0 unspecified atom stereocenters. The van der Waals surface area contributed by atoms with Gasteiger partial charge in [-0.15, -0.1) is 0 Å². The van der Waals surface area contributed by atoms with E-state index < -0.39 is 0 Å². The summed E-state index contributed by atoms with van der Waals surface area (Å²) < 4.78 is 10.4. The highest BCUT2D eigenvalue weighted by molar-refractivity contribution is 5.94. The summed E-state index contributed by atoms with van der Waals surface area (Å²) in [6.07, 6.45) is 1.55. The lowest BCUT2D eigenvalue weighted by atomic mass is 10.1. The number of benzene rings is 1. The Labute approximate surface area is 116 Å². The third-order valence-electron chi connectivity index (χ3n) is 2.65. The van der Waals surface area contributed by atoms with Gasteiger partial charge in [-0.3, -0.25) is 9.59 Å². The number of amides is 1. The number of carbonyl (C=O) groups is 2. The SMILES string of the molecule is CC(=O)c1cccc(OCC(=O)NCc2ccco2)c1. The molecule has 5 nitrogen and oxygen atoms in total. The molecule has 20 heavy (non-hydrogen) atoms. The first-order chi connectivity index (χ1) is 9.65. The van der Waals surface area contributed by atoms with E-state index in [0.717, 1.165) is 0 Å². The summed E-state index contributed by atoms with van der Waals surface area (Å²) in [4.78, 5) is 22.8. The van der Waals surface area contributed by atoms with Crippen molar-refractivity contribution in [2.75, 3.05) is 6.61 Å². The van der Waals surface area contributed by atoms with E-state index in [0.29, 0.717) is 23.6 Å². The molecule has 1 heterocycles. The first kappa shape index (κ1) is 13.9. The van der Waals surface area contributed by atoms with Gasteiger partial charge in [0.05, 0.1) is 12.8 Å². The minimum absolute atomic E-state index is 0.0438. The Morgan fingerprint density at radius 3 is 2.80 bits per heavy atom. The molecule has 1 amide bonds. The van der Waals surface area contributed by atoms with E-state index in [1.165, 1.54) is 6.92 Å². The number of ether oxygens (including phenoxy) is 1. The molecular weight excluding hydrogens is 258 g/mol. The highest BCUT2D eigenvalue weighted by Gasteiger charge is 2.05. The van der Waals surface area contributed by atoms with E-state index in [1.807, 2.05) is 0 Å². The lowest BCUT2D eigenvalue weighted by molar-refractivity contribution is -0.123. The van der Waals surface area contributed by atoms with Crippen molar-refractivity contribution in [2.24, 2.45) is 0 Å². The summed E-state index contributed by atoms with van der Waals surface area (Å²) in [6, 6.07) is 10.3. The van der Waals surface area contributed by atoms with Crippen LogP contribution >= 0.6 is 0 Å². The maximum absolute atomic E-state index is 11.6. The van der Waals surface area contributed by atoms with Crippen LogP contribution in [0.2, 0.25) is 0 Å². The number of hydrogen-bond donors (Lipinski definition) is 1. The number of furan rings is 1. The van der Waals surface area contributed by atoms with Crippen LogP contribution in [0, 0.1) is 0 Å². The van der Waals surface area contributed by atoms with Gasteiger partial charge in [0, 0.05) is 5.56 Å². The fourth-order valence-electron chi connectivity index (χ4n) is 1.60. The molecule has 0 radical (unpaired) electrons. The maximum Gasteiger partial charge on any atom is 0.258 e. The van der Waals surface area contributed by atoms with Crippen molar-refractivity contribution >= 4 is 11.7 Å². The van der Waals surface area contributed by atoms with Gasteiger partial charge in [0.2, 0.25) is 0 Å². The molecule has 0 bridgehead atoms. The second-order valence-electron chi connectivity index (χ2n) is 4.23. The molecule has 1 N–H and O–H groups in total. The standard InChI is InChI=1S/C15H15NO4/c1-11(17)12-4-2-5-13(8-12)20-10-15(18)16-9-14-6-3-7-19-14/h2-8H,9-10H2,1H3,(H,16,18). The zero-order chi connectivity index (χ0) is 14.4. The number of Topliss-reactive ketones (excluding diaryl/α,β-unsaturated/α-hetero) is 1. The van der Waals surface area contributed by atoms with Crippen LogP contribution in [0.1, 0.15) is 23.0 Å². The van der Waals surface area contributed by atoms with Crippen molar-refractivity contribution in [3.8, 4) is 5.75 Å². The summed E-state index contributed by atoms with van der Waals surface area (Å²) in [5.41, 5.74) is 0.554. The van der Waals surface area contributed by atoms with Crippen molar-refractivity contribution in [1.82, 2.24) is 5.32 Å². The molecule has 0 atom stereocenters. The summed E-state index contributed by atoms with van der Waals surface area (Å²) >= 11 is 0. The van der Waals surface area contributed by atoms with Gasteiger partial charge in [-0.25, -0.2) is 0 Å². The Kier molecular flexibility index (Phi) is 4.55. The normalized spacial score (nSPS) is 10.1. The Morgan fingerprint density at radius 1 is 1.25 bits per heavy atom. The topological polar surface area (TPSA) is 68.5 Å². The fraction of sp³-hybridized carbons (Fsp3) is 0.200. The summed E-state index contributed by atoms with van der Waals surface area (Å²) in [5, 5.41) is 2.67. The Balaban J connectivity index is 1.81. The number of hydrogen-bond acceptors (Lipinski definition) is 4. The molecule has 0 spiro atoms. The zero-order valence-corrected chi connectivity index (χ0v) is 11.1. The number of ketones is 1. The molecular formula is C15H15NO4. The van der Waals surface area contributed by atoms with Gasteiger partial charge in [-0.2, -0.15) is 0 Å². The molecule has 2 rings (SSSR count). The minimum Gasteiger partial charge on any atom is -0.484 e. The van der Waals surface area contributed by atoms with Crippen molar-refractivity contribution in [3.05, 3.63) is 54.0 Å². The predicted molar refractivity (Wildman–Crippen MR) is 72.5 cm³/mol. The molecule has 5 heteroatoms. The molecule has 1 aromatic carbocycles. The molecule has 104 valence electrons. The number of rotatable bonds is 6. The van der Waals surface area contributed by atoms with Crippen LogP contribution in [-0.4, -0.2) is 18.3 Å². The molecule has 0 aliphatic heterocycles. The Hall–Kier alpha value is -2.56. The highest BCUT2D eigenvalue weighted by Crippen LogP contribution is 2.13. The average molecular weight is 273 g/mol. The van der Waals surface area contributed by atoms with Crippen LogP contribution in [0.4, 0.5) is 0 Å². The van der Waals surface area contributed by atoms with Crippen LogP contribution in [0.15, 0.2) is 47.1 Å². The zero-order valence-electron chi connectivity index (χ0n) is 11.1. The van der Waals surface area contributed by atoms with Gasteiger partial charge in [0.25, 0.3) is 5.91 Å². The Morgan fingerprint density at radius 2 is 2.10 bits per heavy atom. The number of nitrogens with one attached hydrogen (secondary N) is 1. The van der Waals surface area contributed by atoms with Crippen LogP contribution in [-0.2, 0) is 11.3 Å². The smallest absolute Gasteiger partial charge is 0.258 e. The van der Waals surface area contributed by atoms with Gasteiger partial charge < -0.3 is 14.5 Å². The lowest BCUT2D eigenvalue weighted by Gasteiger charge is -2.07. The van der Waals surface area contributed by atoms with Crippen LogP contribution in [0.3, 0.4) is 0 Å². The van der Waals surface area contributed by atoms with Gasteiger partial charge in [-0.1, -0.05) is 12.1 Å². The third-order valence-corrected chi connectivity index (χ3v) is 2.65. The summed E-state index contributed by atoms with van der Waals surface area (Å²) in [7, 11) is 0. The minimum atomic E-state index is -0.255.